The van der Waals surface area contributed by atoms with Crippen molar-refractivity contribution in [1.29, 1.82) is 0 Å². The summed E-state index contributed by atoms with van der Waals surface area (Å²) in [5.74, 6) is 0.479. The van der Waals surface area contributed by atoms with Crippen molar-refractivity contribution < 1.29 is 22.7 Å². The highest BCUT2D eigenvalue weighted by atomic mass is 35.5. The Morgan fingerprint density at radius 2 is 2.07 bits per heavy atom. The van der Waals surface area contributed by atoms with E-state index < -0.39 is 22.0 Å². The second kappa shape index (κ2) is 8.28. The fraction of sp³-hybridized carbons (Fsp3) is 0.316. The van der Waals surface area contributed by atoms with E-state index in [4.69, 9.17) is 21.1 Å². The van der Waals surface area contributed by atoms with Gasteiger partial charge >= 0.3 is 0 Å². The van der Waals surface area contributed by atoms with E-state index in [0.717, 1.165) is 11.8 Å². The minimum atomic E-state index is -3.55. The van der Waals surface area contributed by atoms with Crippen LogP contribution in [0.3, 0.4) is 0 Å². The number of hydrogen-bond acceptors (Lipinski definition) is 5. The Bertz CT molecular complexity index is 980. The van der Waals surface area contributed by atoms with E-state index in [0.29, 0.717) is 22.2 Å². The summed E-state index contributed by atoms with van der Waals surface area (Å²) >= 11 is 6.01. The maximum absolute atomic E-state index is 12.5. The maximum atomic E-state index is 12.5. The van der Waals surface area contributed by atoms with Gasteiger partial charge in [-0.2, -0.15) is 0 Å². The molecule has 0 aliphatic carbocycles. The van der Waals surface area contributed by atoms with Crippen molar-refractivity contribution in [3.05, 3.63) is 53.1 Å². The number of hydrogen-bond donors (Lipinski definition) is 1. The summed E-state index contributed by atoms with van der Waals surface area (Å²) in [5, 5.41) is 3.19. The second-order valence-electron chi connectivity index (χ2n) is 6.44. The van der Waals surface area contributed by atoms with Crippen molar-refractivity contribution in [2.45, 2.75) is 13.0 Å². The zero-order valence-electron chi connectivity index (χ0n) is 15.5. The van der Waals surface area contributed by atoms with E-state index in [9.17, 15) is 13.2 Å². The number of fused-ring (bicyclic) bond motifs is 1. The van der Waals surface area contributed by atoms with Gasteiger partial charge in [-0.25, -0.2) is 8.42 Å². The second-order valence-corrected chi connectivity index (χ2v) is 8.76. The number of carbonyl (C=O) groups excluding carboxylic acids is 1. The highest BCUT2D eigenvalue weighted by molar-refractivity contribution is 7.92. The van der Waals surface area contributed by atoms with Gasteiger partial charge in [-0.3, -0.25) is 9.10 Å². The molecule has 1 aliphatic rings. The number of nitrogens with zero attached hydrogens (tertiary/aromatic N) is 1. The number of benzene rings is 2. The maximum Gasteiger partial charge on any atom is 0.263 e. The summed E-state index contributed by atoms with van der Waals surface area (Å²) < 4.78 is 36.8. The Hall–Kier alpha value is -2.45. The highest BCUT2D eigenvalue weighted by Crippen LogP contribution is 2.35. The standard InChI is InChI=1S/C19H21ClN2O5S/c1-13-7-8-15-17(11-13)27-18(12-22(15)28(2,24)25)19(23)21-9-10-26-16-6-4-3-5-14(16)20/h3-8,11,18H,9-10,12H2,1-2H3,(H,21,23)/t18-/m1/s1. The molecular weight excluding hydrogens is 404 g/mol. The first-order valence-corrected chi connectivity index (χ1v) is 10.9. The molecule has 0 fully saturated rings. The molecular formula is C19H21ClN2O5S. The van der Waals surface area contributed by atoms with Crippen LogP contribution in [0.1, 0.15) is 5.56 Å². The average Bonchev–Trinajstić information content (AvgIpc) is 2.64. The first kappa shape index (κ1) is 20.3. The fourth-order valence-electron chi connectivity index (χ4n) is 2.82. The fourth-order valence-corrected chi connectivity index (χ4v) is 3.93. The number of aryl methyl sites for hydroxylation is 1. The van der Waals surface area contributed by atoms with Crippen molar-refractivity contribution in [2.24, 2.45) is 0 Å². The van der Waals surface area contributed by atoms with Crippen LogP contribution in [0, 0.1) is 6.92 Å². The van der Waals surface area contributed by atoms with Gasteiger partial charge in [-0.15, -0.1) is 0 Å². The van der Waals surface area contributed by atoms with Gasteiger partial charge in [0, 0.05) is 0 Å². The van der Waals surface area contributed by atoms with Crippen LogP contribution in [0.25, 0.3) is 0 Å². The van der Waals surface area contributed by atoms with Crippen LogP contribution in [0.15, 0.2) is 42.5 Å². The summed E-state index contributed by atoms with van der Waals surface area (Å²) in [7, 11) is -3.55. The Morgan fingerprint density at radius 3 is 2.79 bits per heavy atom. The van der Waals surface area contributed by atoms with Crippen molar-refractivity contribution in [3.63, 3.8) is 0 Å². The van der Waals surface area contributed by atoms with Gasteiger partial charge in [0.2, 0.25) is 10.0 Å². The van der Waals surface area contributed by atoms with E-state index >= 15 is 0 Å². The lowest BCUT2D eigenvalue weighted by Gasteiger charge is -2.34. The SMILES string of the molecule is Cc1ccc2c(c1)O[C@@H](C(=O)NCCOc1ccccc1Cl)CN2S(C)(=O)=O. The summed E-state index contributed by atoms with van der Waals surface area (Å²) in [6.45, 7) is 2.22. The Kier molecular flexibility index (Phi) is 6.00. The zero-order chi connectivity index (χ0) is 20.3. The molecule has 1 amide bonds. The molecule has 2 aromatic carbocycles. The Morgan fingerprint density at radius 1 is 1.32 bits per heavy atom. The molecule has 1 atom stereocenters. The number of nitrogens with one attached hydrogen (secondary N) is 1. The first-order chi connectivity index (χ1) is 13.3. The van der Waals surface area contributed by atoms with Crippen molar-refractivity contribution in [1.82, 2.24) is 5.32 Å². The Labute approximate surface area is 169 Å². The predicted molar refractivity (Wildman–Crippen MR) is 108 cm³/mol. The molecule has 1 N–H and O–H groups in total. The first-order valence-electron chi connectivity index (χ1n) is 8.66. The van der Waals surface area contributed by atoms with Gasteiger partial charge in [0.1, 0.15) is 18.1 Å². The third kappa shape index (κ3) is 4.69. The minimum Gasteiger partial charge on any atom is -0.490 e. The minimum absolute atomic E-state index is 0.0912. The summed E-state index contributed by atoms with van der Waals surface area (Å²) in [6, 6.07) is 12.2. The van der Waals surface area contributed by atoms with Gasteiger partial charge in [0.25, 0.3) is 5.91 Å². The molecule has 3 rings (SSSR count). The number of ether oxygens (including phenoxy) is 2. The average molecular weight is 425 g/mol. The summed E-state index contributed by atoms with van der Waals surface area (Å²) in [4.78, 5) is 12.5. The van der Waals surface area contributed by atoms with Crippen LogP contribution in [0.2, 0.25) is 5.02 Å². The molecule has 7 nitrogen and oxygen atoms in total. The zero-order valence-corrected chi connectivity index (χ0v) is 17.1. The topological polar surface area (TPSA) is 84.9 Å². The lowest BCUT2D eigenvalue weighted by molar-refractivity contribution is -0.127. The number of carbonyl (C=O) groups is 1. The smallest absolute Gasteiger partial charge is 0.263 e. The van der Waals surface area contributed by atoms with Gasteiger partial charge in [0.15, 0.2) is 6.10 Å². The van der Waals surface area contributed by atoms with E-state index in [1.54, 1.807) is 42.5 Å². The van der Waals surface area contributed by atoms with Crippen LogP contribution in [-0.2, 0) is 14.8 Å². The van der Waals surface area contributed by atoms with Gasteiger partial charge in [-0.1, -0.05) is 29.8 Å². The van der Waals surface area contributed by atoms with E-state index in [2.05, 4.69) is 5.32 Å². The molecule has 0 unspecified atom stereocenters. The number of amides is 1. The third-order valence-electron chi connectivity index (χ3n) is 4.17. The lowest BCUT2D eigenvalue weighted by Crippen LogP contribution is -2.51. The number of anilines is 1. The predicted octanol–water partition coefficient (Wildman–Crippen LogP) is 2.37. The normalized spacial score (nSPS) is 16.1. The molecule has 28 heavy (non-hydrogen) atoms. The number of halogens is 1. The molecule has 0 saturated heterocycles. The molecule has 1 aliphatic heterocycles. The Balaban J connectivity index is 1.63. The van der Waals surface area contributed by atoms with Crippen LogP contribution in [0.4, 0.5) is 5.69 Å². The summed E-state index contributed by atoms with van der Waals surface area (Å²) in [6.07, 6.45) is 0.151. The third-order valence-corrected chi connectivity index (χ3v) is 5.63. The molecule has 2 aromatic rings. The quantitative estimate of drug-likeness (QED) is 0.719. The molecule has 0 aromatic heterocycles. The largest absolute Gasteiger partial charge is 0.490 e. The van der Waals surface area contributed by atoms with Gasteiger partial charge in [0.05, 0.1) is 30.1 Å². The van der Waals surface area contributed by atoms with Crippen molar-refractivity contribution in [3.8, 4) is 11.5 Å². The van der Waals surface area contributed by atoms with E-state index in [-0.39, 0.29) is 19.7 Å². The molecule has 0 radical (unpaired) electrons. The van der Waals surface area contributed by atoms with Gasteiger partial charge in [-0.05, 0) is 36.8 Å². The molecule has 1 heterocycles. The van der Waals surface area contributed by atoms with E-state index in [1.165, 1.54) is 4.31 Å². The molecule has 9 heteroatoms. The van der Waals surface area contributed by atoms with Crippen molar-refractivity contribution >= 4 is 33.2 Å². The van der Waals surface area contributed by atoms with E-state index in [1.807, 2.05) is 6.92 Å². The number of rotatable bonds is 6. The molecule has 0 spiro atoms. The summed E-state index contributed by atoms with van der Waals surface area (Å²) in [5.41, 5.74) is 1.33. The monoisotopic (exact) mass is 424 g/mol. The number of para-hydroxylation sites is 1. The van der Waals surface area contributed by atoms with Crippen LogP contribution < -0.4 is 19.1 Å². The van der Waals surface area contributed by atoms with Gasteiger partial charge < -0.3 is 14.8 Å². The lowest BCUT2D eigenvalue weighted by atomic mass is 10.1. The molecule has 150 valence electrons. The molecule has 0 saturated carbocycles. The number of sulfonamides is 1. The highest BCUT2D eigenvalue weighted by Gasteiger charge is 2.34. The van der Waals surface area contributed by atoms with Crippen LogP contribution >= 0.6 is 11.6 Å². The molecule has 0 bridgehead atoms. The van der Waals surface area contributed by atoms with Crippen molar-refractivity contribution in [2.75, 3.05) is 30.3 Å². The van der Waals surface area contributed by atoms with Crippen LogP contribution in [0.5, 0.6) is 11.5 Å². The van der Waals surface area contributed by atoms with Crippen LogP contribution in [-0.4, -0.2) is 46.4 Å².